The van der Waals surface area contributed by atoms with E-state index in [4.69, 9.17) is 14.2 Å². The van der Waals surface area contributed by atoms with Gasteiger partial charge in [-0.2, -0.15) is 0 Å². The summed E-state index contributed by atoms with van der Waals surface area (Å²) in [4.78, 5) is 11.2. The number of rotatable bonds is 1. The van der Waals surface area contributed by atoms with Gasteiger partial charge in [0.05, 0.1) is 13.2 Å². The van der Waals surface area contributed by atoms with E-state index >= 15 is 0 Å². The Labute approximate surface area is 83.8 Å². The van der Waals surface area contributed by atoms with Crippen molar-refractivity contribution in [2.45, 2.75) is 32.5 Å². The van der Waals surface area contributed by atoms with Crippen LogP contribution in [0.25, 0.3) is 0 Å². The predicted molar refractivity (Wildman–Crippen MR) is 51.1 cm³/mol. The topological polar surface area (TPSA) is 44.8 Å². The first-order valence-electron chi connectivity index (χ1n) is 4.61. The molecule has 0 aromatic rings. The van der Waals surface area contributed by atoms with E-state index in [9.17, 15) is 4.79 Å². The van der Waals surface area contributed by atoms with Crippen LogP contribution in [0.5, 0.6) is 0 Å². The summed E-state index contributed by atoms with van der Waals surface area (Å²) in [6.07, 6.45) is 2.64. The van der Waals surface area contributed by atoms with Gasteiger partial charge in [-0.15, -0.1) is 0 Å². The molecule has 0 bridgehead atoms. The molecule has 0 amide bonds. The highest BCUT2D eigenvalue weighted by Crippen LogP contribution is 2.10. The lowest BCUT2D eigenvalue weighted by atomic mass is 10.2. The van der Waals surface area contributed by atoms with E-state index in [0.29, 0.717) is 13.2 Å². The molecule has 14 heavy (non-hydrogen) atoms. The van der Waals surface area contributed by atoms with Crippen LogP contribution in [0.4, 0.5) is 4.79 Å². The first-order valence-corrected chi connectivity index (χ1v) is 4.61. The van der Waals surface area contributed by atoms with E-state index in [-0.39, 0.29) is 6.10 Å². The van der Waals surface area contributed by atoms with E-state index < -0.39 is 11.8 Å². The van der Waals surface area contributed by atoms with Gasteiger partial charge in [-0.25, -0.2) is 4.79 Å². The average Bonchev–Trinajstić information content (AvgIpc) is 2.02. The van der Waals surface area contributed by atoms with Crippen LogP contribution in [-0.4, -0.2) is 31.1 Å². The van der Waals surface area contributed by atoms with E-state index in [1.807, 2.05) is 6.08 Å². The van der Waals surface area contributed by atoms with Crippen LogP contribution in [0.3, 0.4) is 0 Å². The first kappa shape index (κ1) is 11.0. The van der Waals surface area contributed by atoms with Crippen molar-refractivity contribution in [3.8, 4) is 0 Å². The van der Waals surface area contributed by atoms with E-state index in [1.54, 1.807) is 26.8 Å². The largest absolute Gasteiger partial charge is 0.509 e. The molecule has 1 aliphatic rings. The van der Waals surface area contributed by atoms with Crippen LogP contribution >= 0.6 is 0 Å². The van der Waals surface area contributed by atoms with Crippen LogP contribution < -0.4 is 0 Å². The molecule has 1 aliphatic heterocycles. The molecule has 0 radical (unpaired) electrons. The Morgan fingerprint density at radius 2 is 2.21 bits per heavy atom. The lowest BCUT2D eigenvalue weighted by molar-refractivity contribution is -0.0365. The molecule has 0 saturated carbocycles. The Morgan fingerprint density at radius 3 is 2.71 bits per heavy atom. The fraction of sp³-hybridized carbons (Fsp3) is 0.700. The van der Waals surface area contributed by atoms with Gasteiger partial charge in [-0.05, 0) is 26.8 Å². The Balaban J connectivity index is 2.33. The normalized spacial score (nSPS) is 21.8. The van der Waals surface area contributed by atoms with Gasteiger partial charge in [-0.1, -0.05) is 6.08 Å². The van der Waals surface area contributed by atoms with Crippen molar-refractivity contribution in [3.63, 3.8) is 0 Å². The van der Waals surface area contributed by atoms with Gasteiger partial charge >= 0.3 is 6.16 Å². The highest BCUT2D eigenvalue weighted by atomic mass is 16.7. The van der Waals surface area contributed by atoms with Gasteiger partial charge in [0, 0.05) is 0 Å². The van der Waals surface area contributed by atoms with Crippen LogP contribution in [0.1, 0.15) is 20.8 Å². The maximum Gasteiger partial charge on any atom is 0.509 e. The van der Waals surface area contributed by atoms with Crippen molar-refractivity contribution in [2.24, 2.45) is 0 Å². The summed E-state index contributed by atoms with van der Waals surface area (Å²) in [6.45, 7) is 6.36. The summed E-state index contributed by atoms with van der Waals surface area (Å²) in [5.74, 6) is 0. The molecule has 1 rings (SSSR count). The smallest absolute Gasteiger partial charge is 0.429 e. The van der Waals surface area contributed by atoms with Crippen LogP contribution in [0.2, 0.25) is 0 Å². The Morgan fingerprint density at radius 1 is 1.50 bits per heavy atom. The molecule has 0 spiro atoms. The third-order valence-electron chi connectivity index (χ3n) is 1.48. The lowest BCUT2D eigenvalue weighted by Gasteiger charge is -2.22. The van der Waals surface area contributed by atoms with Crippen molar-refractivity contribution in [1.29, 1.82) is 0 Å². The zero-order chi connectivity index (χ0) is 10.6. The molecule has 1 atom stereocenters. The molecule has 4 heteroatoms. The predicted octanol–water partition coefficient (Wildman–Crippen LogP) is 1.89. The van der Waals surface area contributed by atoms with Crippen LogP contribution in [0, 0.1) is 0 Å². The molecule has 0 aromatic carbocycles. The quantitative estimate of drug-likeness (QED) is 0.479. The summed E-state index contributed by atoms with van der Waals surface area (Å²) in [6, 6.07) is 0. The number of carbonyl (C=O) groups is 1. The molecule has 0 saturated heterocycles. The lowest BCUT2D eigenvalue weighted by Crippen LogP contribution is -2.30. The van der Waals surface area contributed by atoms with Crippen molar-refractivity contribution in [3.05, 3.63) is 12.2 Å². The molecule has 80 valence electrons. The number of hydrogen-bond acceptors (Lipinski definition) is 4. The molecule has 1 unspecified atom stereocenters. The molecule has 0 aliphatic carbocycles. The van der Waals surface area contributed by atoms with Crippen molar-refractivity contribution < 1.29 is 19.0 Å². The average molecular weight is 200 g/mol. The molecule has 0 fully saturated rings. The minimum absolute atomic E-state index is 0.321. The standard InChI is InChI=1S/C10H16O4/c1-10(2,3)14-9(11)13-8-5-4-6-12-7-8/h4-5,8H,6-7H2,1-3H3. The zero-order valence-corrected chi connectivity index (χ0v) is 8.78. The summed E-state index contributed by atoms with van der Waals surface area (Å²) >= 11 is 0. The Kier molecular flexibility index (Phi) is 3.52. The SMILES string of the molecule is CC(C)(C)OC(=O)OC1C=CCOC1. The molecular weight excluding hydrogens is 184 g/mol. The third-order valence-corrected chi connectivity index (χ3v) is 1.48. The van der Waals surface area contributed by atoms with E-state index in [0.717, 1.165) is 0 Å². The zero-order valence-electron chi connectivity index (χ0n) is 8.78. The van der Waals surface area contributed by atoms with Gasteiger partial charge in [0.2, 0.25) is 0 Å². The number of ether oxygens (including phenoxy) is 3. The summed E-state index contributed by atoms with van der Waals surface area (Å²) in [5, 5.41) is 0. The molecule has 4 nitrogen and oxygen atoms in total. The van der Waals surface area contributed by atoms with Gasteiger partial charge in [0.15, 0.2) is 0 Å². The molecular formula is C10H16O4. The van der Waals surface area contributed by atoms with Gasteiger partial charge < -0.3 is 14.2 Å². The van der Waals surface area contributed by atoms with Crippen LogP contribution in [-0.2, 0) is 14.2 Å². The maximum absolute atomic E-state index is 11.2. The minimum atomic E-state index is -0.655. The molecule has 0 N–H and O–H groups in total. The molecule has 1 heterocycles. The van der Waals surface area contributed by atoms with Crippen LogP contribution in [0.15, 0.2) is 12.2 Å². The highest BCUT2D eigenvalue weighted by molar-refractivity contribution is 5.61. The monoisotopic (exact) mass is 200 g/mol. The van der Waals surface area contributed by atoms with Crippen molar-refractivity contribution in [2.75, 3.05) is 13.2 Å². The van der Waals surface area contributed by atoms with Gasteiger partial charge in [-0.3, -0.25) is 0 Å². The summed E-state index contributed by atoms with van der Waals surface area (Å²) in [7, 11) is 0. The second-order valence-corrected chi connectivity index (χ2v) is 4.09. The van der Waals surface area contributed by atoms with E-state index in [1.165, 1.54) is 0 Å². The number of hydrogen-bond donors (Lipinski definition) is 0. The summed E-state index contributed by atoms with van der Waals surface area (Å²) in [5.41, 5.74) is -0.518. The summed E-state index contributed by atoms with van der Waals surface area (Å²) < 4.78 is 15.1. The Bertz CT molecular complexity index is 227. The van der Waals surface area contributed by atoms with Gasteiger partial charge in [0.1, 0.15) is 11.7 Å². The second-order valence-electron chi connectivity index (χ2n) is 4.09. The minimum Gasteiger partial charge on any atom is -0.429 e. The highest BCUT2D eigenvalue weighted by Gasteiger charge is 2.21. The number of carbonyl (C=O) groups excluding carboxylic acids is 1. The third kappa shape index (κ3) is 4.28. The first-order chi connectivity index (χ1) is 6.47. The maximum atomic E-state index is 11.2. The Hall–Kier alpha value is -1.03. The fourth-order valence-electron chi connectivity index (χ4n) is 0.986. The second kappa shape index (κ2) is 4.46. The molecule has 0 aromatic heterocycles. The van der Waals surface area contributed by atoms with Crippen molar-refractivity contribution in [1.82, 2.24) is 0 Å². The van der Waals surface area contributed by atoms with E-state index in [2.05, 4.69) is 0 Å². The van der Waals surface area contributed by atoms with Crippen molar-refractivity contribution >= 4 is 6.16 Å². The fourth-order valence-corrected chi connectivity index (χ4v) is 0.986. The van der Waals surface area contributed by atoms with Gasteiger partial charge in [0.25, 0.3) is 0 Å².